The van der Waals surface area contributed by atoms with Crippen LogP contribution < -0.4 is 0 Å². The second-order valence-corrected chi connectivity index (χ2v) is 10.9. The van der Waals surface area contributed by atoms with Crippen LogP contribution in [0.2, 0.25) is 0 Å². The minimum atomic E-state index is 1.06. The molecule has 0 atom stereocenters. The predicted molar refractivity (Wildman–Crippen MR) is 156 cm³/mol. The molecule has 1 aromatic heterocycles. The summed E-state index contributed by atoms with van der Waals surface area (Å²) in [6.45, 7) is 21.7. The summed E-state index contributed by atoms with van der Waals surface area (Å²) in [5, 5.41) is 2.49. The Labute approximate surface area is 214 Å². The van der Waals surface area contributed by atoms with Crippen LogP contribution in [0.25, 0.3) is 10.8 Å². The van der Waals surface area contributed by atoms with E-state index < -0.39 is 0 Å². The minimum Gasteiger partial charge on any atom is -0.252 e. The van der Waals surface area contributed by atoms with Gasteiger partial charge in [0, 0.05) is 10.8 Å². The normalized spacial score (nSPS) is 12.6. The summed E-state index contributed by atoms with van der Waals surface area (Å²) in [5.41, 5.74) is 14.5. The lowest BCUT2D eigenvalue weighted by Gasteiger charge is -2.12. The van der Waals surface area contributed by atoms with Crippen LogP contribution in [-0.2, 0) is 0 Å². The van der Waals surface area contributed by atoms with E-state index in [1.54, 1.807) is 11.3 Å². The maximum atomic E-state index is 5.20. The summed E-state index contributed by atoms with van der Waals surface area (Å²) in [5.74, 6) is 0. The van der Waals surface area contributed by atoms with E-state index in [4.69, 9.17) is 9.98 Å². The topological polar surface area (TPSA) is 24.7 Å². The second-order valence-electron chi connectivity index (χ2n) is 9.92. The fourth-order valence-corrected chi connectivity index (χ4v) is 5.96. The number of fused-ring (bicyclic) bond motifs is 1. The molecule has 3 heteroatoms. The van der Waals surface area contributed by atoms with Crippen molar-refractivity contribution in [2.24, 2.45) is 9.98 Å². The van der Waals surface area contributed by atoms with Crippen molar-refractivity contribution in [3.05, 3.63) is 90.7 Å². The van der Waals surface area contributed by atoms with Crippen LogP contribution in [0.15, 0.2) is 46.4 Å². The first-order chi connectivity index (χ1) is 16.5. The summed E-state index contributed by atoms with van der Waals surface area (Å²) in [7, 11) is 0. The molecule has 180 valence electrons. The van der Waals surface area contributed by atoms with Crippen molar-refractivity contribution < 1.29 is 0 Å². The molecule has 0 saturated heterocycles. The third kappa shape index (κ3) is 4.50. The van der Waals surface area contributed by atoms with Crippen molar-refractivity contribution in [2.45, 2.75) is 69.2 Å². The minimum absolute atomic E-state index is 1.06. The zero-order chi connectivity index (χ0) is 25.6. The van der Waals surface area contributed by atoms with E-state index in [2.05, 4.69) is 106 Å². The van der Waals surface area contributed by atoms with Gasteiger partial charge in [0.05, 0.1) is 32.6 Å². The molecule has 4 aromatic rings. The molecule has 0 aliphatic carbocycles. The van der Waals surface area contributed by atoms with Gasteiger partial charge in [-0.1, -0.05) is 36.4 Å². The van der Waals surface area contributed by atoms with Crippen LogP contribution in [-0.4, -0.2) is 11.4 Å². The first kappa shape index (κ1) is 25.1. The zero-order valence-corrected chi connectivity index (χ0v) is 23.6. The lowest BCUT2D eigenvalue weighted by atomic mass is 9.98. The van der Waals surface area contributed by atoms with Gasteiger partial charge < -0.3 is 0 Å². The van der Waals surface area contributed by atoms with Crippen LogP contribution in [0.3, 0.4) is 0 Å². The Balaban J connectivity index is 1.90. The fraction of sp³-hybridized carbons (Fsp3) is 0.312. The first-order valence-electron chi connectivity index (χ1n) is 12.3. The van der Waals surface area contributed by atoms with Crippen molar-refractivity contribution >= 4 is 44.9 Å². The molecule has 1 heterocycles. The summed E-state index contributed by atoms with van der Waals surface area (Å²) >= 11 is 1.81. The molecular formula is C32H36N2S. The van der Waals surface area contributed by atoms with Gasteiger partial charge in [0.1, 0.15) is 0 Å². The SMILES string of the molecule is CC(=Nc1c(C)c(C)cc(C)c1C)c1sc(C(C)=Nc2c(C)c(C)cc(C)c2C)c2ccccc12. The van der Waals surface area contributed by atoms with E-state index >= 15 is 0 Å². The largest absolute Gasteiger partial charge is 0.252 e. The number of benzene rings is 3. The van der Waals surface area contributed by atoms with E-state index in [1.165, 1.54) is 65.0 Å². The van der Waals surface area contributed by atoms with Gasteiger partial charge in [-0.25, -0.2) is 0 Å². The zero-order valence-electron chi connectivity index (χ0n) is 22.8. The highest BCUT2D eigenvalue weighted by atomic mass is 32.1. The molecule has 0 fully saturated rings. The average molecular weight is 481 g/mol. The van der Waals surface area contributed by atoms with E-state index in [9.17, 15) is 0 Å². The van der Waals surface area contributed by atoms with Gasteiger partial charge in [-0.2, -0.15) is 0 Å². The van der Waals surface area contributed by atoms with Gasteiger partial charge in [0.25, 0.3) is 0 Å². The van der Waals surface area contributed by atoms with Crippen molar-refractivity contribution in [3.63, 3.8) is 0 Å². The molecular weight excluding hydrogens is 444 g/mol. The third-order valence-electron chi connectivity index (χ3n) is 7.49. The van der Waals surface area contributed by atoms with Crippen LogP contribution >= 0.6 is 11.3 Å². The Hall–Kier alpha value is -3.04. The molecule has 0 aliphatic heterocycles. The maximum absolute atomic E-state index is 5.20. The molecule has 0 bridgehead atoms. The van der Waals surface area contributed by atoms with E-state index in [1.807, 2.05) is 0 Å². The molecule has 35 heavy (non-hydrogen) atoms. The van der Waals surface area contributed by atoms with Crippen LogP contribution in [0.4, 0.5) is 11.4 Å². The maximum Gasteiger partial charge on any atom is 0.0697 e. The molecule has 4 rings (SSSR count). The predicted octanol–water partition coefficient (Wildman–Crippen LogP) is 9.65. The molecule has 0 unspecified atom stereocenters. The summed E-state index contributed by atoms with van der Waals surface area (Å²) in [6.07, 6.45) is 0. The van der Waals surface area contributed by atoms with Gasteiger partial charge in [-0.15, -0.1) is 11.3 Å². The van der Waals surface area contributed by atoms with Gasteiger partial charge in [-0.3, -0.25) is 9.98 Å². The molecule has 0 radical (unpaired) electrons. The molecule has 0 saturated carbocycles. The first-order valence-corrected chi connectivity index (χ1v) is 13.1. The lowest BCUT2D eigenvalue weighted by molar-refractivity contribution is 1.22. The molecule has 3 aromatic carbocycles. The van der Waals surface area contributed by atoms with Crippen molar-refractivity contribution in [1.29, 1.82) is 0 Å². The Bertz CT molecular complexity index is 1360. The van der Waals surface area contributed by atoms with Gasteiger partial charge >= 0.3 is 0 Å². The smallest absolute Gasteiger partial charge is 0.0697 e. The Kier molecular flexibility index (Phi) is 6.83. The van der Waals surface area contributed by atoms with E-state index in [0.29, 0.717) is 0 Å². The molecule has 2 nitrogen and oxygen atoms in total. The van der Waals surface area contributed by atoms with Gasteiger partial charge in [-0.05, 0) is 114 Å². The Morgan fingerprint density at radius 1 is 0.543 bits per heavy atom. The van der Waals surface area contributed by atoms with Crippen LogP contribution in [0.1, 0.15) is 68.1 Å². The number of rotatable bonds is 4. The highest BCUT2D eigenvalue weighted by Gasteiger charge is 2.17. The standard InChI is InChI=1S/C32H36N2S/c1-17-15-18(2)22(6)29(21(17)5)33-25(9)31-27-13-11-12-14-28(27)32(35-31)26(10)34-30-23(7)19(3)16-20(4)24(30)8/h11-16H,1-10H3. The monoisotopic (exact) mass is 480 g/mol. The van der Waals surface area contributed by atoms with Crippen molar-refractivity contribution in [2.75, 3.05) is 0 Å². The number of hydrogen-bond acceptors (Lipinski definition) is 3. The molecule has 0 spiro atoms. The average Bonchev–Trinajstić information content (AvgIpc) is 3.22. The number of nitrogens with zero attached hydrogens (tertiary/aromatic N) is 2. The third-order valence-corrected chi connectivity index (χ3v) is 8.93. The quantitative estimate of drug-likeness (QED) is 0.260. The summed E-state index contributed by atoms with van der Waals surface area (Å²) in [6, 6.07) is 13.2. The van der Waals surface area contributed by atoms with Gasteiger partial charge in [0.2, 0.25) is 0 Å². The highest BCUT2D eigenvalue weighted by molar-refractivity contribution is 7.18. The Morgan fingerprint density at radius 3 is 1.17 bits per heavy atom. The van der Waals surface area contributed by atoms with Crippen LogP contribution in [0.5, 0.6) is 0 Å². The highest BCUT2D eigenvalue weighted by Crippen LogP contribution is 2.37. The van der Waals surface area contributed by atoms with Crippen molar-refractivity contribution in [1.82, 2.24) is 0 Å². The second kappa shape index (κ2) is 9.54. The van der Waals surface area contributed by atoms with Crippen LogP contribution in [0, 0.1) is 55.4 Å². The Morgan fingerprint density at radius 2 is 0.857 bits per heavy atom. The number of aryl methyl sites for hydroxylation is 4. The van der Waals surface area contributed by atoms with E-state index in [-0.39, 0.29) is 0 Å². The lowest BCUT2D eigenvalue weighted by Crippen LogP contribution is -1.96. The number of thiophene rings is 1. The van der Waals surface area contributed by atoms with E-state index in [0.717, 1.165) is 22.8 Å². The molecule has 0 N–H and O–H groups in total. The molecule has 0 amide bonds. The summed E-state index contributed by atoms with van der Waals surface area (Å²) in [4.78, 5) is 12.8. The van der Waals surface area contributed by atoms with Gasteiger partial charge in [0.15, 0.2) is 0 Å². The number of hydrogen-bond donors (Lipinski definition) is 0. The molecule has 0 aliphatic rings. The number of aliphatic imine (C=N–C) groups is 2. The summed E-state index contributed by atoms with van der Waals surface area (Å²) < 4.78 is 0. The fourth-order valence-electron chi connectivity index (χ4n) is 4.79. The van der Waals surface area contributed by atoms with Crippen molar-refractivity contribution in [3.8, 4) is 0 Å².